The van der Waals surface area contributed by atoms with Gasteiger partial charge in [0.25, 0.3) is 5.91 Å². The van der Waals surface area contributed by atoms with Crippen LogP contribution < -0.4 is 10.1 Å². The molecule has 1 amide bonds. The normalized spacial score (nSPS) is 11.4. The van der Waals surface area contributed by atoms with Gasteiger partial charge < -0.3 is 19.5 Å². The highest BCUT2D eigenvalue weighted by molar-refractivity contribution is 5.81. The van der Waals surface area contributed by atoms with E-state index in [0.29, 0.717) is 13.2 Å². The summed E-state index contributed by atoms with van der Waals surface area (Å²) in [4.78, 5) is 23.1. The van der Waals surface area contributed by atoms with Crippen molar-refractivity contribution >= 4 is 11.9 Å². The van der Waals surface area contributed by atoms with Gasteiger partial charge in [-0.05, 0) is 31.5 Å². The first kappa shape index (κ1) is 18.7. The van der Waals surface area contributed by atoms with Crippen LogP contribution in [-0.2, 0) is 19.1 Å². The number of nitrogens with one attached hydrogen (secondary N) is 1. The molecule has 0 saturated carbocycles. The van der Waals surface area contributed by atoms with E-state index < -0.39 is 12.1 Å². The molecule has 0 saturated heterocycles. The van der Waals surface area contributed by atoms with Gasteiger partial charge in [0, 0.05) is 0 Å². The Bertz CT molecular complexity index is 529. The Balaban J connectivity index is 2.14. The first-order valence-electron chi connectivity index (χ1n) is 7.38. The van der Waals surface area contributed by atoms with E-state index in [1.54, 1.807) is 6.92 Å². The SMILES string of the molecule is C=CCOC(C)C(=O)OCC(=O)NCCOc1cccc(C)c1. The van der Waals surface area contributed by atoms with Gasteiger partial charge in [0.2, 0.25) is 0 Å². The van der Waals surface area contributed by atoms with Crippen molar-refractivity contribution in [1.82, 2.24) is 5.32 Å². The van der Waals surface area contributed by atoms with Crippen molar-refractivity contribution < 1.29 is 23.8 Å². The van der Waals surface area contributed by atoms with E-state index in [2.05, 4.69) is 11.9 Å². The van der Waals surface area contributed by atoms with Gasteiger partial charge in [0.1, 0.15) is 12.4 Å². The van der Waals surface area contributed by atoms with Crippen LogP contribution in [0.5, 0.6) is 5.75 Å². The fraction of sp³-hybridized carbons (Fsp3) is 0.412. The Hall–Kier alpha value is -2.34. The maximum absolute atomic E-state index is 11.5. The van der Waals surface area contributed by atoms with Gasteiger partial charge in [-0.3, -0.25) is 4.79 Å². The molecule has 126 valence electrons. The van der Waals surface area contributed by atoms with Crippen LogP contribution in [0.1, 0.15) is 12.5 Å². The molecule has 0 heterocycles. The van der Waals surface area contributed by atoms with Crippen LogP contribution in [0.15, 0.2) is 36.9 Å². The van der Waals surface area contributed by atoms with E-state index in [1.807, 2.05) is 31.2 Å². The highest BCUT2D eigenvalue weighted by Crippen LogP contribution is 2.11. The highest BCUT2D eigenvalue weighted by atomic mass is 16.6. The highest BCUT2D eigenvalue weighted by Gasteiger charge is 2.15. The second kappa shape index (κ2) is 10.4. The summed E-state index contributed by atoms with van der Waals surface area (Å²) in [5.74, 6) is -0.223. The van der Waals surface area contributed by atoms with Gasteiger partial charge in [0.05, 0.1) is 13.2 Å². The Kier molecular flexibility index (Phi) is 8.46. The fourth-order valence-electron chi connectivity index (χ4n) is 1.65. The monoisotopic (exact) mass is 321 g/mol. The summed E-state index contributed by atoms with van der Waals surface area (Å²) < 4.78 is 15.4. The fourth-order valence-corrected chi connectivity index (χ4v) is 1.65. The minimum Gasteiger partial charge on any atom is -0.492 e. The lowest BCUT2D eigenvalue weighted by Crippen LogP contribution is -2.34. The van der Waals surface area contributed by atoms with Crippen molar-refractivity contribution in [2.75, 3.05) is 26.4 Å². The molecule has 1 aromatic carbocycles. The Labute approximate surface area is 136 Å². The summed E-state index contributed by atoms with van der Waals surface area (Å²) in [6.07, 6.45) is 0.801. The molecule has 23 heavy (non-hydrogen) atoms. The lowest BCUT2D eigenvalue weighted by molar-refractivity contribution is -0.158. The van der Waals surface area contributed by atoms with Gasteiger partial charge in [-0.2, -0.15) is 0 Å². The molecule has 6 nitrogen and oxygen atoms in total. The predicted molar refractivity (Wildman–Crippen MR) is 86.3 cm³/mol. The molecule has 0 bridgehead atoms. The quantitative estimate of drug-likeness (QED) is 0.403. The van der Waals surface area contributed by atoms with Crippen molar-refractivity contribution in [2.45, 2.75) is 20.0 Å². The molecule has 0 fully saturated rings. The minimum absolute atomic E-state index is 0.249. The Morgan fingerprint density at radius 1 is 1.39 bits per heavy atom. The molecule has 0 aliphatic rings. The number of benzene rings is 1. The molecule has 0 radical (unpaired) electrons. The van der Waals surface area contributed by atoms with Crippen molar-refractivity contribution in [3.8, 4) is 5.75 Å². The molecular weight excluding hydrogens is 298 g/mol. The number of aryl methyl sites for hydroxylation is 1. The summed E-state index contributed by atoms with van der Waals surface area (Å²) in [6.45, 7) is 7.58. The number of hydrogen-bond acceptors (Lipinski definition) is 5. The lowest BCUT2D eigenvalue weighted by atomic mass is 10.2. The predicted octanol–water partition coefficient (Wildman–Crippen LogP) is 1.62. The van der Waals surface area contributed by atoms with Crippen LogP contribution in [0, 0.1) is 6.92 Å². The van der Waals surface area contributed by atoms with Crippen LogP contribution in [-0.4, -0.2) is 44.3 Å². The molecule has 1 unspecified atom stereocenters. The van der Waals surface area contributed by atoms with E-state index in [-0.39, 0.29) is 19.1 Å². The Morgan fingerprint density at radius 2 is 2.17 bits per heavy atom. The van der Waals surface area contributed by atoms with E-state index in [9.17, 15) is 9.59 Å². The van der Waals surface area contributed by atoms with Gasteiger partial charge in [0.15, 0.2) is 12.7 Å². The average Bonchev–Trinajstić information content (AvgIpc) is 2.54. The molecule has 0 aliphatic heterocycles. The van der Waals surface area contributed by atoms with Gasteiger partial charge in [-0.15, -0.1) is 6.58 Å². The van der Waals surface area contributed by atoms with Crippen molar-refractivity contribution in [1.29, 1.82) is 0 Å². The smallest absolute Gasteiger partial charge is 0.335 e. The first-order valence-corrected chi connectivity index (χ1v) is 7.38. The number of amides is 1. The van der Waals surface area contributed by atoms with Gasteiger partial charge >= 0.3 is 5.97 Å². The molecule has 6 heteroatoms. The molecule has 1 atom stereocenters. The van der Waals surface area contributed by atoms with Crippen molar-refractivity contribution in [3.05, 3.63) is 42.5 Å². The van der Waals surface area contributed by atoms with E-state index >= 15 is 0 Å². The number of carbonyl (C=O) groups is 2. The van der Waals surface area contributed by atoms with Crippen LogP contribution in [0.25, 0.3) is 0 Å². The summed E-state index contributed by atoms with van der Waals surface area (Å²) in [7, 11) is 0. The number of esters is 1. The van der Waals surface area contributed by atoms with Gasteiger partial charge in [-0.1, -0.05) is 18.2 Å². The minimum atomic E-state index is -0.731. The third kappa shape index (κ3) is 8.01. The molecular formula is C17H23NO5. The third-order valence-electron chi connectivity index (χ3n) is 2.82. The van der Waals surface area contributed by atoms with Crippen LogP contribution >= 0.6 is 0 Å². The number of rotatable bonds is 10. The largest absolute Gasteiger partial charge is 0.492 e. The molecule has 1 N–H and O–H groups in total. The standard InChI is InChI=1S/C17H23NO5/c1-4-9-21-14(3)17(20)23-12-16(19)18-8-10-22-15-7-5-6-13(2)11-15/h4-7,11,14H,1,8-10,12H2,2-3H3,(H,18,19). The zero-order valence-corrected chi connectivity index (χ0v) is 13.5. The number of hydrogen-bond donors (Lipinski definition) is 1. The summed E-state index contributed by atoms with van der Waals surface area (Å²) >= 11 is 0. The lowest BCUT2D eigenvalue weighted by Gasteiger charge is -2.11. The summed E-state index contributed by atoms with van der Waals surface area (Å²) in [5.41, 5.74) is 1.10. The van der Waals surface area contributed by atoms with E-state index in [4.69, 9.17) is 14.2 Å². The van der Waals surface area contributed by atoms with Crippen LogP contribution in [0.2, 0.25) is 0 Å². The summed E-state index contributed by atoms with van der Waals surface area (Å²) in [5, 5.41) is 2.61. The number of carbonyl (C=O) groups excluding carboxylic acids is 2. The molecule has 1 rings (SSSR count). The van der Waals surface area contributed by atoms with E-state index in [0.717, 1.165) is 11.3 Å². The molecule has 0 aliphatic carbocycles. The number of ether oxygens (including phenoxy) is 3. The topological polar surface area (TPSA) is 73.9 Å². The third-order valence-corrected chi connectivity index (χ3v) is 2.82. The molecule has 0 aromatic heterocycles. The first-order chi connectivity index (χ1) is 11.0. The van der Waals surface area contributed by atoms with Crippen LogP contribution in [0.3, 0.4) is 0 Å². The average molecular weight is 321 g/mol. The van der Waals surface area contributed by atoms with Crippen LogP contribution in [0.4, 0.5) is 0 Å². The maximum atomic E-state index is 11.5. The Morgan fingerprint density at radius 3 is 2.87 bits per heavy atom. The molecule has 1 aromatic rings. The zero-order valence-electron chi connectivity index (χ0n) is 13.5. The van der Waals surface area contributed by atoms with Crippen molar-refractivity contribution in [2.24, 2.45) is 0 Å². The van der Waals surface area contributed by atoms with Gasteiger partial charge in [-0.25, -0.2) is 4.79 Å². The van der Waals surface area contributed by atoms with Crippen molar-refractivity contribution in [3.63, 3.8) is 0 Å². The van der Waals surface area contributed by atoms with E-state index in [1.165, 1.54) is 6.08 Å². The summed E-state index contributed by atoms with van der Waals surface area (Å²) in [6, 6.07) is 7.64. The second-order valence-corrected chi connectivity index (χ2v) is 4.89. The second-order valence-electron chi connectivity index (χ2n) is 4.89. The zero-order chi connectivity index (χ0) is 17.1. The molecule has 0 spiro atoms. The maximum Gasteiger partial charge on any atom is 0.335 e.